The molecule has 0 aliphatic carbocycles. The van der Waals surface area contributed by atoms with Gasteiger partial charge in [-0.1, -0.05) is 119 Å². The molecule has 255 valence electrons. The molecule has 0 amide bonds. The average molecular weight is 844 g/mol. The summed E-state index contributed by atoms with van der Waals surface area (Å²) in [7, 11) is 0. The van der Waals surface area contributed by atoms with Crippen molar-refractivity contribution < 1.29 is 27.0 Å². The third-order valence-electron chi connectivity index (χ3n) is 8.72. The summed E-state index contributed by atoms with van der Waals surface area (Å²) < 4.78 is 39.1. The van der Waals surface area contributed by atoms with Crippen molar-refractivity contribution in [3.05, 3.63) is 169 Å². The van der Waals surface area contributed by atoms with Crippen LogP contribution in [0.2, 0.25) is 0 Å². The number of nitrogens with zero attached hydrogens (tertiary/aromatic N) is 2. The number of rotatable bonds is 7. The Kier molecular flexibility index (Phi) is 9.55. The van der Waals surface area contributed by atoms with E-state index in [1.807, 2.05) is 24.4 Å². The number of aromatic nitrogens is 2. The minimum absolute atomic E-state index is 0. The van der Waals surface area contributed by atoms with E-state index >= 15 is 0 Å². The molecule has 2 aromatic heterocycles. The molecule has 0 aliphatic heterocycles. The molecule has 8 rings (SSSR count). The summed E-state index contributed by atoms with van der Waals surface area (Å²) >= 11 is 0. The van der Waals surface area contributed by atoms with Gasteiger partial charge in [-0.25, -0.2) is 0 Å². The molecule has 0 saturated heterocycles. The van der Waals surface area contributed by atoms with Crippen molar-refractivity contribution in [1.82, 2.24) is 9.97 Å². The van der Waals surface area contributed by atoms with E-state index in [0.717, 1.165) is 29.7 Å². The van der Waals surface area contributed by atoms with E-state index in [-0.39, 0.29) is 49.8 Å². The summed E-state index contributed by atoms with van der Waals surface area (Å²) in [4.78, 5) is 9.18. The predicted octanol–water partition coefficient (Wildman–Crippen LogP) is 12.6. The molecule has 0 aliphatic rings. The number of hydrogen-bond donors (Lipinski definition) is 0. The van der Waals surface area contributed by atoms with Gasteiger partial charge < -0.3 is 9.97 Å². The normalized spacial score (nSPS) is 12.5. The summed E-state index contributed by atoms with van der Waals surface area (Å²) in [6, 6.07) is 40.5. The fourth-order valence-electron chi connectivity index (χ4n) is 6.58. The molecule has 1 radical (unpaired) electrons. The zero-order chi connectivity index (χ0) is 38.8. The topological polar surface area (TPSA) is 25.8 Å². The minimum atomic E-state index is -0.396. The fourth-order valence-corrected chi connectivity index (χ4v) is 6.58. The molecule has 2 heterocycles. The average Bonchev–Trinajstić information content (AvgIpc) is 3.19. The van der Waals surface area contributed by atoms with Crippen LogP contribution in [0.5, 0.6) is 0 Å². The largest absolute Gasteiger partial charge is 0.304 e. The van der Waals surface area contributed by atoms with Gasteiger partial charge in [0, 0.05) is 32.5 Å². The van der Waals surface area contributed by atoms with Crippen molar-refractivity contribution >= 4 is 32.3 Å². The molecular weight excluding hydrogens is 797 g/mol. The molecule has 8 aromatic rings. The van der Waals surface area contributed by atoms with Gasteiger partial charge in [-0.3, -0.25) is 0 Å². The molecule has 51 heavy (non-hydrogen) atoms. The van der Waals surface area contributed by atoms with Gasteiger partial charge in [0.15, 0.2) is 0 Å². The van der Waals surface area contributed by atoms with Crippen molar-refractivity contribution in [2.24, 2.45) is 11.8 Å². The summed E-state index contributed by atoms with van der Waals surface area (Å²) in [6.07, 6.45) is 5.59. The van der Waals surface area contributed by atoms with Crippen LogP contribution >= 0.6 is 0 Å². The van der Waals surface area contributed by atoms with E-state index in [2.05, 4.69) is 112 Å². The van der Waals surface area contributed by atoms with Gasteiger partial charge in [0.25, 0.3) is 0 Å². The smallest absolute Gasteiger partial charge is 0.0629 e. The van der Waals surface area contributed by atoms with Crippen LogP contribution in [0.25, 0.3) is 66.0 Å². The first kappa shape index (κ1) is 29.7. The summed E-state index contributed by atoms with van der Waals surface area (Å²) in [5.74, 6) is 1.22. The van der Waals surface area contributed by atoms with Crippen molar-refractivity contribution in [1.29, 1.82) is 0 Å². The van der Waals surface area contributed by atoms with E-state index < -0.39 is 6.04 Å². The summed E-state index contributed by atoms with van der Waals surface area (Å²) in [5, 5.41) is 7.61. The van der Waals surface area contributed by atoms with E-state index in [9.17, 15) is 0 Å². The molecule has 0 atom stereocenters. The Bertz CT molecular complexity index is 2600. The first-order chi connectivity index (χ1) is 26.5. The Morgan fingerprint density at radius 2 is 1.35 bits per heavy atom. The first-order valence-electron chi connectivity index (χ1n) is 19.7. The second-order valence-electron chi connectivity index (χ2n) is 13.5. The molecule has 3 heteroatoms. The van der Waals surface area contributed by atoms with Gasteiger partial charge in [-0.15, -0.1) is 70.8 Å². The SMILES string of the molecule is CC(C)Cc1[c-]c(-c2nccc3c2ccc2c4ccccc4ccc32)cc(CC(C)C)c1.[2H]c1c([2H])c([2H])c(-c2ccc(-c3[c-]cccc3)nc2)c([2H])c1[2H].[Ir]. The Morgan fingerprint density at radius 3 is 2.10 bits per heavy atom. The van der Waals surface area contributed by atoms with Crippen molar-refractivity contribution in [3.8, 4) is 33.6 Å². The van der Waals surface area contributed by atoms with Crippen molar-refractivity contribution in [3.63, 3.8) is 0 Å². The van der Waals surface area contributed by atoms with Crippen molar-refractivity contribution in [2.45, 2.75) is 40.5 Å². The van der Waals surface area contributed by atoms with Gasteiger partial charge >= 0.3 is 0 Å². The molecule has 0 fully saturated rings. The first-order valence-corrected chi connectivity index (χ1v) is 17.2. The van der Waals surface area contributed by atoms with Gasteiger partial charge in [0.1, 0.15) is 0 Å². The van der Waals surface area contributed by atoms with Crippen LogP contribution in [0, 0.1) is 24.0 Å². The fraction of sp³-hybridized carbons (Fsp3) is 0.167. The molecule has 0 saturated carbocycles. The Balaban J connectivity index is 0.000000197. The molecule has 0 unspecified atom stereocenters. The van der Waals surface area contributed by atoms with Crippen LogP contribution in [-0.2, 0) is 32.9 Å². The van der Waals surface area contributed by atoms with Crippen LogP contribution in [-0.4, -0.2) is 9.97 Å². The van der Waals surface area contributed by atoms with E-state index in [1.54, 1.807) is 18.2 Å². The van der Waals surface area contributed by atoms with E-state index in [0.29, 0.717) is 23.1 Å². The standard InChI is InChI=1S/C31H30N.C17H12N.Ir/c1-20(2)15-22-17-23(16-21(3)4)19-25(18-22)31-30-12-11-27-26-8-6-5-7-24(26)9-10-28(27)29(30)13-14-32-31;1-3-7-14(8-4-1)16-11-12-17(18-13-16)15-9-5-2-6-10-15;/h5-14,17-18,20-21H,15-16H2,1-4H3;1-9,11-13H;/q2*-1;/i;1D,3D,4D,7D,8D;. The minimum Gasteiger partial charge on any atom is -0.304 e. The summed E-state index contributed by atoms with van der Waals surface area (Å²) in [6.45, 7) is 9.11. The van der Waals surface area contributed by atoms with E-state index in [1.165, 1.54) is 49.6 Å². The van der Waals surface area contributed by atoms with Gasteiger partial charge in [0.05, 0.1) is 6.85 Å². The van der Waals surface area contributed by atoms with Crippen LogP contribution < -0.4 is 0 Å². The van der Waals surface area contributed by atoms with Gasteiger partial charge in [-0.05, 0) is 85.6 Å². The third-order valence-corrected chi connectivity index (χ3v) is 8.72. The molecule has 2 nitrogen and oxygen atoms in total. The van der Waals surface area contributed by atoms with Crippen LogP contribution in [0.15, 0.2) is 146 Å². The maximum Gasteiger partial charge on any atom is 0.0629 e. The van der Waals surface area contributed by atoms with Gasteiger partial charge in [-0.2, -0.15) is 0 Å². The Morgan fingerprint density at radius 1 is 0.627 bits per heavy atom. The Hall–Kier alpha value is -4.95. The second kappa shape index (κ2) is 16.4. The zero-order valence-electron chi connectivity index (χ0n) is 34.3. The third kappa shape index (κ3) is 8.34. The maximum absolute atomic E-state index is 7.98. The summed E-state index contributed by atoms with van der Waals surface area (Å²) in [5.41, 5.74) is 7.02. The Labute approximate surface area is 323 Å². The molecular formula is C48H42IrN2-2. The maximum atomic E-state index is 7.98. The number of hydrogen-bond acceptors (Lipinski definition) is 2. The van der Waals surface area contributed by atoms with Crippen LogP contribution in [0.4, 0.5) is 0 Å². The molecule has 0 N–H and O–H groups in total. The van der Waals surface area contributed by atoms with Crippen LogP contribution in [0.1, 0.15) is 45.7 Å². The predicted molar refractivity (Wildman–Crippen MR) is 212 cm³/mol. The van der Waals surface area contributed by atoms with Crippen molar-refractivity contribution in [2.75, 3.05) is 0 Å². The quantitative estimate of drug-likeness (QED) is 0.118. The number of pyridine rings is 2. The van der Waals surface area contributed by atoms with Crippen LogP contribution in [0.3, 0.4) is 0 Å². The van der Waals surface area contributed by atoms with Gasteiger partial charge in [0.2, 0.25) is 0 Å². The molecule has 6 aromatic carbocycles. The molecule has 0 spiro atoms. The van der Waals surface area contributed by atoms with E-state index in [4.69, 9.17) is 11.8 Å². The zero-order valence-corrected chi connectivity index (χ0v) is 31.7. The number of benzene rings is 6. The molecule has 0 bridgehead atoms. The monoisotopic (exact) mass is 844 g/mol. The number of fused-ring (bicyclic) bond motifs is 5. The second-order valence-corrected chi connectivity index (χ2v) is 13.5.